The molecule has 1 atom stereocenters. The van der Waals surface area contributed by atoms with Gasteiger partial charge in [-0.15, -0.1) is 0 Å². The van der Waals surface area contributed by atoms with Gasteiger partial charge in [0.1, 0.15) is 0 Å². The minimum atomic E-state index is -4.31. The normalized spacial score (nSPS) is 23.0. The second-order valence-corrected chi connectivity index (χ2v) is 7.16. The Morgan fingerprint density at radius 2 is 1.85 bits per heavy atom. The molecule has 4 nitrogen and oxygen atoms in total. The predicted molar refractivity (Wildman–Crippen MR) is 91.4 cm³/mol. The molecule has 0 aromatic heterocycles. The number of nitrogens with zero attached hydrogens (tertiary/aromatic N) is 1. The molecular weight excluding hydrogens is 345 g/mol. The van der Waals surface area contributed by atoms with E-state index in [1.165, 1.54) is 12.1 Å². The topological polar surface area (TPSA) is 41.6 Å². The van der Waals surface area contributed by atoms with Crippen molar-refractivity contribution in [2.45, 2.75) is 44.4 Å². The quantitative estimate of drug-likeness (QED) is 0.885. The number of hydrogen-bond donors (Lipinski definition) is 1. The smallest absolute Gasteiger partial charge is 0.381 e. The van der Waals surface area contributed by atoms with Crippen LogP contribution in [0.3, 0.4) is 0 Å². The second-order valence-electron chi connectivity index (χ2n) is 7.16. The van der Waals surface area contributed by atoms with Gasteiger partial charge in [-0.25, -0.2) is 0 Å². The largest absolute Gasteiger partial charge is 0.416 e. The first-order valence-corrected chi connectivity index (χ1v) is 9.18. The summed E-state index contributed by atoms with van der Waals surface area (Å²) in [6, 6.07) is 5.48. The van der Waals surface area contributed by atoms with Gasteiger partial charge >= 0.3 is 6.18 Å². The van der Waals surface area contributed by atoms with Crippen molar-refractivity contribution in [2.24, 2.45) is 5.92 Å². The molecule has 3 rings (SSSR count). The molecule has 2 aliphatic rings. The van der Waals surface area contributed by atoms with Crippen LogP contribution in [0.2, 0.25) is 0 Å². The lowest BCUT2D eigenvalue weighted by molar-refractivity contribution is -0.137. The molecule has 1 N–H and O–H groups in total. The Balaban J connectivity index is 1.52. The lowest BCUT2D eigenvalue weighted by Crippen LogP contribution is -2.47. The van der Waals surface area contributed by atoms with E-state index in [2.05, 4.69) is 10.2 Å². The number of piperidine rings is 1. The van der Waals surface area contributed by atoms with Crippen molar-refractivity contribution in [1.82, 2.24) is 10.2 Å². The fourth-order valence-electron chi connectivity index (χ4n) is 3.63. The van der Waals surface area contributed by atoms with Gasteiger partial charge in [-0.1, -0.05) is 12.1 Å². The first kappa shape index (κ1) is 19.2. The Bertz CT molecular complexity index is 598. The van der Waals surface area contributed by atoms with Gasteiger partial charge in [0.15, 0.2) is 0 Å². The molecule has 0 saturated carbocycles. The zero-order chi connectivity index (χ0) is 18.6. The fraction of sp³-hybridized carbons (Fsp3) is 0.632. The van der Waals surface area contributed by atoms with Crippen LogP contribution in [0.4, 0.5) is 13.2 Å². The lowest BCUT2D eigenvalue weighted by Gasteiger charge is -2.33. The van der Waals surface area contributed by atoms with Crippen LogP contribution in [0.1, 0.15) is 36.8 Å². The zero-order valence-corrected chi connectivity index (χ0v) is 14.7. The van der Waals surface area contributed by atoms with E-state index in [4.69, 9.17) is 4.74 Å². The number of carbonyl (C=O) groups excluding carboxylic acids is 1. The number of likely N-dealkylation sites (tertiary alicyclic amines) is 1. The Labute approximate surface area is 151 Å². The highest BCUT2D eigenvalue weighted by molar-refractivity contribution is 5.79. The number of rotatable bonds is 4. The van der Waals surface area contributed by atoms with Crippen LogP contribution in [-0.2, 0) is 22.3 Å². The first-order chi connectivity index (χ1) is 12.4. The summed E-state index contributed by atoms with van der Waals surface area (Å²) in [6.07, 6.45) is -0.816. The van der Waals surface area contributed by atoms with Crippen molar-refractivity contribution in [1.29, 1.82) is 0 Å². The van der Waals surface area contributed by atoms with Crippen molar-refractivity contribution in [3.63, 3.8) is 0 Å². The number of halogens is 3. The van der Waals surface area contributed by atoms with Crippen LogP contribution < -0.4 is 5.32 Å². The predicted octanol–water partition coefficient (Wildman–Crippen LogP) is 3.21. The highest BCUT2D eigenvalue weighted by Gasteiger charge is 2.30. The third kappa shape index (κ3) is 5.20. The standard InChI is InChI=1S/C19H25F3N2O2/c20-19(21,22)16-5-3-14(4-6-16)12-24-9-1-2-15(13-24)18(25)23-17-7-10-26-11-8-17/h3-6,15,17H,1-2,7-13H2,(H,23,25). The molecule has 7 heteroatoms. The van der Waals surface area contributed by atoms with Gasteiger partial charge < -0.3 is 10.1 Å². The Hall–Kier alpha value is -1.60. The van der Waals surface area contributed by atoms with Gasteiger partial charge in [-0.3, -0.25) is 9.69 Å². The van der Waals surface area contributed by atoms with Gasteiger partial charge in [0.2, 0.25) is 5.91 Å². The first-order valence-electron chi connectivity index (χ1n) is 9.18. The van der Waals surface area contributed by atoms with Crippen molar-refractivity contribution in [3.8, 4) is 0 Å². The van der Waals surface area contributed by atoms with Gasteiger partial charge in [0, 0.05) is 32.3 Å². The number of nitrogens with one attached hydrogen (secondary N) is 1. The summed E-state index contributed by atoms with van der Waals surface area (Å²) in [5.74, 6) is 0.0371. The number of ether oxygens (including phenoxy) is 1. The number of hydrogen-bond acceptors (Lipinski definition) is 3. The molecule has 0 spiro atoms. The van der Waals surface area contributed by atoms with Crippen LogP contribution >= 0.6 is 0 Å². The fourth-order valence-corrected chi connectivity index (χ4v) is 3.63. The summed E-state index contributed by atoms with van der Waals surface area (Å²) in [7, 11) is 0. The van der Waals surface area contributed by atoms with Crippen molar-refractivity contribution in [3.05, 3.63) is 35.4 Å². The average Bonchev–Trinajstić information content (AvgIpc) is 2.62. The summed E-state index contributed by atoms with van der Waals surface area (Å²) in [4.78, 5) is 14.7. The maximum Gasteiger partial charge on any atom is 0.416 e. The Morgan fingerprint density at radius 1 is 1.15 bits per heavy atom. The molecule has 1 unspecified atom stereocenters. The van der Waals surface area contributed by atoms with Crippen LogP contribution in [0.15, 0.2) is 24.3 Å². The van der Waals surface area contributed by atoms with Gasteiger partial charge in [0.05, 0.1) is 11.5 Å². The maximum absolute atomic E-state index is 12.6. The van der Waals surface area contributed by atoms with Gasteiger partial charge in [0.25, 0.3) is 0 Å². The Kier molecular flexibility index (Phi) is 6.19. The molecule has 1 aromatic carbocycles. The van der Waals surface area contributed by atoms with Crippen LogP contribution in [0.25, 0.3) is 0 Å². The monoisotopic (exact) mass is 370 g/mol. The van der Waals surface area contributed by atoms with Gasteiger partial charge in [-0.05, 0) is 49.9 Å². The SMILES string of the molecule is O=C(NC1CCOCC1)C1CCCN(Cc2ccc(C(F)(F)F)cc2)C1. The van der Waals surface area contributed by atoms with Crippen LogP contribution in [-0.4, -0.2) is 43.2 Å². The molecule has 2 heterocycles. The molecule has 2 saturated heterocycles. The highest BCUT2D eigenvalue weighted by Crippen LogP contribution is 2.29. The zero-order valence-electron chi connectivity index (χ0n) is 14.7. The second kappa shape index (κ2) is 8.39. The van der Waals surface area contributed by atoms with E-state index in [1.54, 1.807) is 0 Å². The molecule has 26 heavy (non-hydrogen) atoms. The third-order valence-electron chi connectivity index (χ3n) is 5.13. The summed E-state index contributed by atoms with van der Waals surface area (Å²) < 4.78 is 43.3. The average molecular weight is 370 g/mol. The van der Waals surface area contributed by atoms with E-state index in [1.807, 2.05) is 0 Å². The van der Waals surface area contributed by atoms with E-state index in [0.29, 0.717) is 26.3 Å². The van der Waals surface area contributed by atoms with Gasteiger partial charge in [-0.2, -0.15) is 13.2 Å². The summed E-state index contributed by atoms with van der Waals surface area (Å²) in [6.45, 7) is 3.46. The molecule has 144 valence electrons. The minimum Gasteiger partial charge on any atom is -0.381 e. The summed E-state index contributed by atoms with van der Waals surface area (Å²) in [5.41, 5.74) is 0.206. The van der Waals surface area contributed by atoms with E-state index in [-0.39, 0.29) is 17.9 Å². The molecule has 0 aliphatic carbocycles. The lowest BCUT2D eigenvalue weighted by atomic mass is 9.95. The van der Waals surface area contributed by atoms with Crippen molar-refractivity contribution < 1.29 is 22.7 Å². The number of alkyl halides is 3. The minimum absolute atomic E-state index is 0.0546. The third-order valence-corrected chi connectivity index (χ3v) is 5.13. The highest BCUT2D eigenvalue weighted by atomic mass is 19.4. The van der Waals surface area contributed by atoms with Crippen molar-refractivity contribution >= 4 is 5.91 Å². The number of amides is 1. The molecule has 0 bridgehead atoms. The van der Waals surface area contributed by atoms with Crippen LogP contribution in [0.5, 0.6) is 0 Å². The van der Waals surface area contributed by atoms with Crippen molar-refractivity contribution in [2.75, 3.05) is 26.3 Å². The molecule has 1 amide bonds. The van der Waals surface area contributed by atoms with E-state index >= 15 is 0 Å². The maximum atomic E-state index is 12.6. The molecule has 2 fully saturated rings. The Morgan fingerprint density at radius 3 is 2.50 bits per heavy atom. The summed E-state index contributed by atoms with van der Waals surface area (Å²) in [5, 5.41) is 3.13. The number of carbonyl (C=O) groups is 1. The van der Waals surface area contributed by atoms with E-state index in [9.17, 15) is 18.0 Å². The van der Waals surface area contributed by atoms with E-state index < -0.39 is 11.7 Å². The molecular formula is C19H25F3N2O2. The summed E-state index contributed by atoms with van der Waals surface area (Å²) >= 11 is 0. The van der Waals surface area contributed by atoms with E-state index in [0.717, 1.165) is 49.9 Å². The molecule has 0 radical (unpaired) electrons. The number of benzene rings is 1. The molecule has 2 aliphatic heterocycles. The van der Waals surface area contributed by atoms with Crippen LogP contribution in [0, 0.1) is 5.92 Å². The molecule has 1 aromatic rings.